The lowest BCUT2D eigenvalue weighted by Crippen LogP contribution is -2.43. The van der Waals surface area contributed by atoms with Crippen LogP contribution in [-0.4, -0.2) is 33.1 Å². The number of carbonyl (C=O) groups is 1. The molecule has 1 heterocycles. The van der Waals surface area contributed by atoms with Crippen LogP contribution in [0, 0.1) is 0 Å². The number of nitrogens with zero attached hydrogens (tertiary/aromatic N) is 2. The Bertz CT molecular complexity index is 214. The van der Waals surface area contributed by atoms with Crippen LogP contribution >= 0.6 is 23.7 Å². The van der Waals surface area contributed by atoms with Crippen molar-refractivity contribution in [1.29, 1.82) is 0 Å². The van der Waals surface area contributed by atoms with Crippen molar-refractivity contribution in [2.45, 2.75) is 32.2 Å². The summed E-state index contributed by atoms with van der Waals surface area (Å²) in [7, 11) is 1.94. The molecule has 0 radical (unpaired) electrons. The number of halogens is 1. The molecule has 0 saturated carbocycles. The smallest absolute Gasteiger partial charge is 0.255 e. The van der Waals surface area contributed by atoms with E-state index in [2.05, 4.69) is 6.92 Å². The van der Waals surface area contributed by atoms with Crippen LogP contribution in [0.25, 0.3) is 0 Å². The number of alkyl halides is 1. The molecule has 1 unspecified atom stereocenters. The molecule has 3 nitrogen and oxygen atoms in total. The third-order valence-electron chi connectivity index (χ3n) is 2.45. The molecular formula is C8H15ClN2OS. The van der Waals surface area contributed by atoms with Crippen molar-refractivity contribution in [1.82, 2.24) is 8.61 Å². The first-order valence-corrected chi connectivity index (χ1v) is 5.62. The average molecular weight is 223 g/mol. The predicted octanol–water partition coefficient (Wildman–Crippen LogP) is 2.08. The minimum atomic E-state index is -0.367. The molecular weight excluding hydrogens is 208 g/mol. The van der Waals surface area contributed by atoms with Crippen LogP contribution < -0.4 is 0 Å². The zero-order valence-electron chi connectivity index (χ0n) is 8.21. The molecule has 0 bridgehead atoms. The maximum absolute atomic E-state index is 11.8. The molecule has 0 N–H and O–H groups in total. The van der Waals surface area contributed by atoms with E-state index in [-0.39, 0.29) is 17.5 Å². The first-order chi connectivity index (χ1) is 6.06. The molecule has 1 aliphatic heterocycles. The Morgan fingerprint density at radius 2 is 2.23 bits per heavy atom. The summed E-state index contributed by atoms with van der Waals surface area (Å²) >= 11 is 7.06. The van der Waals surface area contributed by atoms with E-state index in [1.807, 2.05) is 18.3 Å². The van der Waals surface area contributed by atoms with E-state index in [4.69, 9.17) is 11.6 Å². The summed E-state index contributed by atoms with van der Waals surface area (Å²) in [4.78, 5) is 11.8. The lowest BCUT2D eigenvalue weighted by atomic mass is 9.95. The SMILES string of the molecule is CCCC1(C)C(=O)N(CCl)SN1C. The summed E-state index contributed by atoms with van der Waals surface area (Å²) < 4.78 is 3.58. The number of likely N-dealkylation sites (N-methyl/N-ethyl adjacent to an activating group) is 1. The molecule has 1 rings (SSSR count). The normalized spacial score (nSPS) is 30.2. The van der Waals surface area contributed by atoms with Crippen molar-refractivity contribution in [3.8, 4) is 0 Å². The van der Waals surface area contributed by atoms with E-state index >= 15 is 0 Å². The number of hydrogen-bond acceptors (Lipinski definition) is 3. The van der Waals surface area contributed by atoms with E-state index in [0.29, 0.717) is 0 Å². The highest BCUT2D eigenvalue weighted by Gasteiger charge is 2.47. The minimum absolute atomic E-state index is 0.122. The van der Waals surface area contributed by atoms with Crippen LogP contribution in [0.1, 0.15) is 26.7 Å². The van der Waals surface area contributed by atoms with Crippen molar-refractivity contribution >= 4 is 29.6 Å². The fraction of sp³-hybridized carbons (Fsp3) is 0.875. The van der Waals surface area contributed by atoms with Gasteiger partial charge in [-0.05, 0) is 13.3 Å². The quantitative estimate of drug-likeness (QED) is 0.415. The van der Waals surface area contributed by atoms with E-state index in [9.17, 15) is 4.79 Å². The predicted molar refractivity (Wildman–Crippen MR) is 56.2 cm³/mol. The van der Waals surface area contributed by atoms with E-state index in [1.165, 1.54) is 12.1 Å². The van der Waals surface area contributed by atoms with Gasteiger partial charge in [0.15, 0.2) is 0 Å². The third-order valence-corrected chi connectivity index (χ3v) is 3.97. The second-order valence-electron chi connectivity index (χ2n) is 3.41. The second-order valence-corrected chi connectivity index (χ2v) is 4.80. The lowest BCUT2D eigenvalue weighted by Gasteiger charge is -2.26. The average Bonchev–Trinajstić information content (AvgIpc) is 2.31. The zero-order valence-corrected chi connectivity index (χ0v) is 9.78. The molecule has 5 heteroatoms. The van der Waals surface area contributed by atoms with Crippen LogP contribution in [0.4, 0.5) is 0 Å². The van der Waals surface area contributed by atoms with Crippen LogP contribution in [0.15, 0.2) is 0 Å². The second kappa shape index (κ2) is 4.07. The number of carbonyl (C=O) groups excluding carboxylic acids is 1. The molecule has 1 saturated heterocycles. The Morgan fingerprint density at radius 1 is 1.62 bits per heavy atom. The van der Waals surface area contributed by atoms with Crippen LogP contribution in [-0.2, 0) is 4.79 Å². The van der Waals surface area contributed by atoms with E-state index in [0.717, 1.165) is 12.8 Å². The maximum Gasteiger partial charge on any atom is 0.255 e. The molecule has 0 aromatic heterocycles. The van der Waals surface area contributed by atoms with Crippen LogP contribution in [0.5, 0.6) is 0 Å². The fourth-order valence-corrected chi connectivity index (χ4v) is 2.70. The number of amides is 1. The first kappa shape index (κ1) is 11.1. The van der Waals surface area contributed by atoms with Crippen molar-refractivity contribution < 1.29 is 4.79 Å². The zero-order chi connectivity index (χ0) is 10.1. The summed E-state index contributed by atoms with van der Waals surface area (Å²) in [5.74, 6) is 0.122. The summed E-state index contributed by atoms with van der Waals surface area (Å²) in [6.07, 6.45) is 1.88. The highest BCUT2D eigenvalue weighted by Crippen LogP contribution is 2.38. The number of hydrogen-bond donors (Lipinski definition) is 0. The van der Waals surface area contributed by atoms with Crippen molar-refractivity contribution in [3.63, 3.8) is 0 Å². The molecule has 0 aliphatic carbocycles. The molecule has 76 valence electrons. The summed E-state index contributed by atoms with van der Waals surface area (Å²) in [5, 5.41) is 0. The van der Waals surface area contributed by atoms with Crippen molar-refractivity contribution in [2.75, 3.05) is 13.1 Å². The molecule has 1 aliphatic rings. The minimum Gasteiger partial charge on any atom is -0.272 e. The van der Waals surface area contributed by atoms with Gasteiger partial charge in [0.1, 0.15) is 11.5 Å². The van der Waals surface area contributed by atoms with Crippen LogP contribution in [0.3, 0.4) is 0 Å². The molecule has 1 atom stereocenters. The Balaban J connectivity index is 2.79. The van der Waals surface area contributed by atoms with Gasteiger partial charge in [0.2, 0.25) is 0 Å². The Hall–Kier alpha value is 0.0700. The molecule has 1 amide bonds. The van der Waals surface area contributed by atoms with E-state index in [1.54, 1.807) is 4.31 Å². The van der Waals surface area contributed by atoms with Crippen LogP contribution in [0.2, 0.25) is 0 Å². The van der Waals surface area contributed by atoms with Gasteiger partial charge in [0, 0.05) is 19.2 Å². The largest absolute Gasteiger partial charge is 0.272 e. The van der Waals surface area contributed by atoms with E-state index < -0.39 is 0 Å². The van der Waals surface area contributed by atoms with Gasteiger partial charge < -0.3 is 0 Å². The Morgan fingerprint density at radius 3 is 2.62 bits per heavy atom. The Kier molecular flexibility index (Phi) is 3.49. The molecule has 0 aromatic rings. The highest BCUT2D eigenvalue weighted by molar-refractivity contribution is 7.95. The number of rotatable bonds is 3. The van der Waals surface area contributed by atoms with Gasteiger partial charge in [0.25, 0.3) is 5.91 Å². The monoisotopic (exact) mass is 222 g/mol. The summed E-state index contributed by atoms with van der Waals surface area (Å²) in [5.41, 5.74) is -0.367. The molecule has 1 fully saturated rings. The molecule has 13 heavy (non-hydrogen) atoms. The molecule has 0 spiro atoms. The van der Waals surface area contributed by atoms with Gasteiger partial charge in [0.05, 0.1) is 0 Å². The fourth-order valence-electron chi connectivity index (χ4n) is 1.51. The maximum atomic E-state index is 11.8. The van der Waals surface area contributed by atoms with Gasteiger partial charge >= 0.3 is 0 Å². The third kappa shape index (κ3) is 1.80. The first-order valence-electron chi connectivity index (χ1n) is 4.36. The molecule has 0 aromatic carbocycles. The summed E-state index contributed by atoms with van der Waals surface area (Å²) in [6.45, 7) is 4.05. The van der Waals surface area contributed by atoms with Gasteiger partial charge in [-0.2, -0.15) is 0 Å². The van der Waals surface area contributed by atoms with Crippen molar-refractivity contribution in [3.05, 3.63) is 0 Å². The Labute approximate surface area is 88.7 Å². The highest BCUT2D eigenvalue weighted by atomic mass is 35.5. The topological polar surface area (TPSA) is 23.6 Å². The van der Waals surface area contributed by atoms with Gasteiger partial charge in [-0.3, -0.25) is 9.10 Å². The van der Waals surface area contributed by atoms with Crippen molar-refractivity contribution in [2.24, 2.45) is 0 Å². The van der Waals surface area contributed by atoms with Gasteiger partial charge in [-0.1, -0.05) is 13.3 Å². The summed E-state index contributed by atoms with van der Waals surface area (Å²) in [6, 6.07) is 0.257. The van der Waals surface area contributed by atoms with Gasteiger partial charge in [-0.15, -0.1) is 11.6 Å². The van der Waals surface area contributed by atoms with Gasteiger partial charge in [-0.25, -0.2) is 4.31 Å². The lowest BCUT2D eigenvalue weighted by molar-refractivity contribution is -0.131. The standard InChI is InChI=1S/C8H15ClN2OS/c1-4-5-8(2)7(12)11(6-9)13-10(8)3/h4-6H2,1-3H3.